The minimum atomic E-state index is -0.867. The van der Waals surface area contributed by atoms with Crippen LogP contribution in [0.2, 0.25) is 0 Å². The van der Waals surface area contributed by atoms with Crippen molar-refractivity contribution < 1.29 is 19.5 Å². The number of imide groups is 1. The topological polar surface area (TPSA) is 94.9 Å². The van der Waals surface area contributed by atoms with E-state index in [0.717, 1.165) is 29.4 Å². The number of fused-ring (bicyclic) bond motifs is 1. The average molecular weight is 356 g/mol. The first-order chi connectivity index (χ1) is 12.5. The van der Waals surface area contributed by atoms with Crippen LogP contribution in [0.1, 0.15) is 25.3 Å². The zero-order valence-electron chi connectivity index (χ0n) is 14.2. The van der Waals surface area contributed by atoms with Crippen LogP contribution in [-0.2, 0) is 4.79 Å². The second kappa shape index (κ2) is 6.36. The highest BCUT2D eigenvalue weighted by Crippen LogP contribution is 2.33. The van der Waals surface area contributed by atoms with E-state index >= 15 is 0 Å². The third-order valence-corrected chi connectivity index (χ3v) is 5.21. The number of carbonyl (C=O) groups is 3. The second-order valence-corrected chi connectivity index (χ2v) is 6.69. The Balaban J connectivity index is 1.63. The van der Waals surface area contributed by atoms with Crippen molar-refractivity contribution in [2.45, 2.75) is 25.3 Å². The standard InChI is InChI=1S/C18H20N4O4/c23-16-7-11-22(17(24)19-16)15-3-1-2-14-13(15)6-10-21(14)12-4-8-20(9-5-12)18(25)26/h1-3,6,10,12H,4-5,7-9,11H2,(H,25,26)(H,19,23,24). The number of nitrogens with zero attached hydrogens (tertiary/aromatic N) is 3. The summed E-state index contributed by atoms with van der Waals surface area (Å²) in [4.78, 5) is 37.7. The first-order valence-electron chi connectivity index (χ1n) is 8.73. The number of aromatic nitrogens is 1. The molecule has 2 N–H and O–H groups in total. The van der Waals surface area contributed by atoms with Crippen molar-refractivity contribution in [2.24, 2.45) is 0 Å². The molecule has 0 radical (unpaired) electrons. The van der Waals surface area contributed by atoms with Crippen LogP contribution in [0.25, 0.3) is 10.9 Å². The SMILES string of the molecule is O=C1CCN(c2cccc3c2ccn3C2CCN(C(=O)O)CC2)C(=O)N1. The van der Waals surface area contributed by atoms with Gasteiger partial charge in [0, 0.05) is 43.7 Å². The number of likely N-dealkylation sites (tertiary alicyclic amines) is 1. The molecule has 0 bridgehead atoms. The number of hydrogen-bond acceptors (Lipinski definition) is 3. The quantitative estimate of drug-likeness (QED) is 0.864. The third-order valence-electron chi connectivity index (χ3n) is 5.21. The fraction of sp³-hybridized carbons (Fsp3) is 0.389. The molecule has 8 heteroatoms. The van der Waals surface area contributed by atoms with Gasteiger partial charge in [0.05, 0.1) is 11.2 Å². The summed E-state index contributed by atoms with van der Waals surface area (Å²) in [7, 11) is 0. The van der Waals surface area contributed by atoms with Gasteiger partial charge in [-0.25, -0.2) is 9.59 Å². The third kappa shape index (κ3) is 2.77. The molecule has 0 atom stereocenters. The number of urea groups is 1. The van der Waals surface area contributed by atoms with E-state index in [1.165, 1.54) is 4.90 Å². The Hall–Kier alpha value is -3.03. The number of hydrogen-bond donors (Lipinski definition) is 2. The molecule has 2 aliphatic rings. The predicted octanol–water partition coefficient (Wildman–Crippen LogP) is 2.40. The minimum Gasteiger partial charge on any atom is -0.465 e. The van der Waals surface area contributed by atoms with Crippen molar-refractivity contribution in [3.05, 3.63) is 30.5 Å². The minimum absolute atomic E-state index is 0.232. The van der Waals surface area contributed by atoms with Gasteiger partial charge >= 0.3 is 12.1 Å². The molecule has 8 nitrogen and oxygen atoms in total. The molecule has 4 rings (SSSR count). The van der Waals surface area contributed by atoms with Crippen molar-refractivity contribution in [3.8, 4) is 0 Å². The van der Waals surface area contributed by atoms with Crippen LogP contribution in [0.4, 0.5) is 15.3 Å². The van der Waals surface area contributed by atoms with Crippen molar-refractivity contribution in [3.63, 3.8) is 0 Å². The summed E-state index contributed by atoms with van der Waals surface area (Å²) >= 11 is 0. The molecule has 3 heterocycles. The maximum absolute atomic E-state index is 12.2. The summed E-state index contributed by atoms with van der Waals surface area (Å²) in [6, 6.07) is 7.62. The number of piperidine rings is 1. The van der Waals surface area contributed by atoms with Gasteiger partial charge in [-0.15, -0.1) is 0 Å². The Labute approximate surface area is 150 Å². The van der Waals surface area contributed by atoms with Crippen LogP contribution in [0.15, 0.2) is 30.5 Å². The molecular formula is C18H20N4O4. The molecule has 0 saturated carbocycles. The molecule has 0 spiro atoms. The van der Waals surface area contributed by atoms with E-state index in [1.54, 1.807) is 4.90 Å². The number of amides is 4. The normalized spacial score (nSPS) is 19.1. The zero-order valence-corrected chi connectivity index (χ0v) is 14.2. The molecule has 136 valence electrons. The lowest BCUT2D eigenvalue weighted by Crippen LogP contribution is -2.49. The van der Waals surface area contributed by atoms with Crippen molar-refractivity contribution in [1.29, 1.82) is 0 Å². The number of benzene rings is 1. The van der Waals surface area contributed by atoms with Gasteiger partial charge in [-0.3, -0.25) is 15.0 Å². The summed E-state index contributed by atoms with van der Waals surface area (Å²) in [5.41, 5.74) is 1.80. The summed E-state index contributed by atoms with van der Waals surface area (Å²) in [6.07, 6.45) is 2.95. The first kappa shape index (κ1) is 16.4. The van der Waals surface area contributed by atoms with Crippen LogP contribution in [0.3, 0.4) is 0 Å². The Morgan fingerprint density at radius 1 is 1.12 bits per heavy atom. The maximum atomic E-state index is 12.2. The number of nitrogens with one attached hydrogen (secondary N) is 1. The van der Waals surface area contributed by atoms with Crippen LogP contribution < -0.4 is 10.2 Å². The highest BCUT2D eigenvalue weighted by molar-refractivity contribution is 6.09. The van der Waals surface area contributed by atoms with Crippen LogP contribution >= 0.6 is 0 Å². The van der Waals surface area contributed by atoms with Gasteiger partial charge < -0.3 is 14.6 Å². The molecule has 4 amide bonds. The lowest BCUT2D eigenvalue weighted by molar-refractivity contribution is -0.120. The number of carbonyl (C=O) groups excluding carboxylic acids is 2. The molecule has 26 heavy (non-hydrogen) atoms. The molecule has 0 aliphatic carbocycles. The van der Waals surface area contributed by atoms with Gasteiger partial charge in [-0.05, 0) is 31.0 Å². The van der Waals surface area contributed by atoms with E-state index in [0.29, 0.717) is 19.6 Å². The second-order valence-electron chi connectivity index (χ2n) is 6.69. The largest absolute Gasteiger partial charge is 0.465 e. The molecule has 2 aliphatic heterocycles. The van der Waals surface area contributed by atoms with E-state index in [-0.39, 0.29) is 18.4 Å². The molecule has 2 fully saturated rings. The van der Waals surface area contributed by atoms with Crippen LogP contribution in [0.5, 0.6) is 0 Å². The lowest BCUT2D eigenvalue weighted by Gasteiger charge is -2.31. The molecule has 2 aromatic rings. The Morgan fingerprint density at radius 2 is 1.88 bits per heavy atom. The highest BCUT2D eigenvalue weighted by Gasteiger charge is 2.27. The molecular weight excluding hydrogens is 336 g/mol. The smallest absolute Gasteiger partial charge is 0.407 e. The Bertz CT molecular complexity index is 882. The summed E-state index contributed by atoms with van der Waals surface area (Å²) in [6.45, 7) is 1.41. The van der Waals surface area contributed by atoms with Crippen LogP contribution in [-0.4, -0.2) is 52.2 Å². The van der Waals surface area contributed by atoms with Crippen molar-refractivity contribution >= 4 is 34.6 Å². The average Bonchev–Trinajstić information content (AvgIpc) is 3.06. The predicted molar refractivity (Wildman–Crippen MR) is 95.3 cm³/mol. The fourth-order valence-electron chi connectivity index (χ4n) is 3.86. The monoisotopic (exact) mass is 356 g/mol. The van der Waals surface area contributed by atoms with E-state index in [2.05, 4.69) is 9.88 Å². The Morgan fingerprint density at radius 3 is 2.58 bits per heavy atom. The van der Waals surface area contributed by atoms with Gasteiger partial charge in [0.1, 0.15) is 0 Å². The molecule has 1 aromatic carbocycles. The number of carboxylic acid groups (broad SMARTS) is 1. The molecule has 1 aromatic heterocycles. The fourth-order valence-corrected chi connectivity index (χ4v) is 3.86. The van der Waals surface area contributed by atoms with E-state index in [9.17, 15) is 14.4 Å². The Kier molecular flexibility index (Phi) is 4.02. The zero-order chi connectivity index (χ0) is 18.3. The summed E-state index contributed by atoms with van der Waals surface area (Å²) in [5, 5.41) is 12.4. The number of rotatable bonds is 2. The summed E-state index contributed by atoms with van der Waals surface area (Å²) in [5.74, 6) is -0.249. The van der Waals surface area contributed by atoms with E-state index in [4.69, 9.17) is 5.11 Å². The first-order valence-corrected chi connectivity index (χ1v) is 8.73. The van der Waals surface area contributed by atoms with Gasteiger partial charge in [0.2, 0.25) is 5.91 Å². The van der Waals surface area contributed by atoms with Gasteiger partial charge in [0.15, 0.2) is 0 Å². The molecule has 0 unspecified atom stereocenters. The highest BCUT2D eigenvalue weighted by atomic mass is 16.4. The lowest BCUT2D eigenvalue weighted by atomic mass is 10.0. The van der Waals surface area contributed by atoms with Gasteiger partial charge in [-0.2, -0.15) is 0 Å². The van der Waals surface area contributed by atoms with E-state index < -0.39 is 12.1 Å². The van der Waals surface area contributed by atoms with Crippen molar-refractivity contribution in [1.82, 2.24) is 14.8 Å². The number of anilines is 1. The van der Waals surface area contributed by atoms with Gasteiger partial charge in [-0.1, -0.05) is 6.07 Å². The van der Waals surface area contributed by atoms with E-state index in [1.807, 2.05) is 30.5 Å². The maximum Gasteiger partial charge on any atom is 0.407 e. The van der Waals surface area contributed by atoms with Crippen molar-refractivity contribution in [2.75, 3.05) is 24.5 Å². The summed E-state index contributed by atoms with van der Waals surface area (Å²) < 4.78 is 2.17. The van der Waals surface area contributed by atoms with Crippen LogP contribution in [0, 0.1) is 0 Å². The van der Waals surface area contributed by atoms with Gasteiger partial charge in [0.25, 0.3) is 0 Å². The molecule has 2 saturated heterocycles.